The number of rotatable bonds is 4. The van der Waals surface area contributed by atoms with Gasteiger partial charge >= 0.3 is 6.09 Å². The minimum Gasteiger partial charge on any atom is -0.444 e. The molecule has 0 spiro atoms. The van der Waals surface area contributed by atoms with Crippen LogP contribution in [0.15, 0.2) is 0 Å². The fraction of sp³-hybridized carbons (Fsp3) is 0.867. The van der Waals surface area contributed by atoms with E-state index in [1.165, 1.54) is 25.7 Å². The van der Waals surface area contributed by atoms with Gasteiger partial charge < -0.3 is 20.7 Å². The fourth-order valence-corrected chi connectivity index (χ4v) is 2.66. The zero-order chi connectivity index (χ0) is 15.9. The third kappa shape index (κ3) is 8.09. The summed E-state index contributed by atoms with van der Waals surface area (Å²) in [6.07, 6.45) is 4.63. The van der Waals surface area contributed by atoms with E-state index in [2.05, 4.69) is 22.9 Å². The van der Waals surface area contributed by atoms with Gasteiger partial charge in [0.2, 0.25) is 0 Å². The van der Waals surface area contributed by atoms with Crippen LogP contribution in [0.2, 0.25) is 0 Å². The Kier molecular flexibility index (Phi) is 7.22. The van der Waals surface area contributed by atoms with E-state index in [0.717, 1.165) is 0 Å². The van der Waals surface area contributed by atoms with Gasteiger partial charge in [0.1, 0.15) is 5.60 Å². The average molecular weight is 315 g/mol. The van der Waals surface area contributed by atoms with Gasteiger partial charge in [-0.15, -0.1) is 0 Å². The molecule has 3 N–H and O–H groups in total. The van der Waals surface area contributed by atoms with E-state index < -0.39 is 11.7 Å². The van der Waals surface area contributed by atoms with Gasteiger partial charge in [0.05, 0.1) is 0 Å². The topological polar surface area (TPSA) is 62.4 Å². The third-order valence-corrected chi connectivity index (χ3v) is 3.77. The molecular weight excluding hydrogens is 286 g/mol. The minimum atomic E-state index is -0.467. The van der Waals surface area contributed by atoms with Crippen LogP contribution in [0, 0.1) is 5.92 Å². The molecule has 0 aromatic carbocycles. The number of carbonyl (C=O) groups excluding carboxylic acids is 1. The second-order valence-electron chi connectivity index (χ2n) is 6.70. The standard InChI is InChI=1S/C15H29N3O2S/c1-11-7-5-6-8-12(11)18-13(21)16-9-10-17-14(19)20-15(2,3)4/h11-12H,5-10H2,1-4H3,(H,17,19)(H2,16,18,21). The Morgan fingerprint density at radius 2 is 1.81 bits per heavy atom. The van der Waals surface area contributed by atoms with Crippen molar-refractivity contribution in [2.45, 2.75) is 65.0 Å². The molecule has 6 heteroatoms. The van der Waals surface area contributed by atoms with E-state index in [9.17, 15) is 4.79 Å². The highest BCUT2D eigenvalue weighted by Crippen LogP contribution is 2.23. The lowest BCUT2D eigenvalue weighted by Crippen LogP contribution is -2.47. The van der Waals surface area contributed by atoms with Crippen molar-refractivity contribution < 1.29 is 9.53 Å². The first-order chi connectivity index (χ1) is 9.78. The maximum Gasteiger partial charge on any atom is 0.407 e. The summed E-state index contributed by atoms with van der Waals surface area (Å²) in [7, 11) is 0. The molecule has 1 saturated carbocycles. The van der Waals surface area contributed by atoms with E-state index in [4.69, 9.17) is 17.0 Å². The van der Waals surface area contributed by atoms with Crippen LogP contribution >= 0.6 is 12.2 Å². The Hall–Kier alpha value is -1.04. The molecule has 0 aromatic rings. The van der Waals surface area contributed by atoms with Crippen LogP contribution in [0.25, 0.3) is 0 Å². The Balaban J connectivity index is 2.12. The number of alkyl carbamates (subject to hydrolysis) is 1. The molecule has 0 bridgehead atoms. The zero-order valence-corrected chi connectivity index (χ0v) is 14.4. The lowest BCUT2D eigenvalue weighted by atomic mass is 9.86. The molecule has 0 aromatic heterocycles. The summed E-state index contributed by atoms with van der Waals surface area (Å²) in [5.74, 6) is 0.665. The van der Waals surface area contributed by atoms with Gasteiger partial charge in [0, 0.05) is 19.1 Å². The van der Waals surface area contributed by atoms with Crippen LogP contribution in [0.3, 0.4) is 0 Å². The highest BCUT2D eigenvalue weighted by atomic mass is 32.1. The van der Waals surface area contributed by atoms with E-state index in [-0.39, 0.29) is 0 Å². The molecule has 1 amide bonds. The molecule has 122 valence electrons. The first-order valence-electron chi connectivity index (χ1n) is 7.79. The van der Waals surface area contributed by atoms with Crippen molar-refractivity contribution in [3.63, 3.8) is 0 Å². The maximum absolute atomic E-state index is 11.5. The highest BCUT2D eigenvalue weighted by molar-refractivity contribution is 7.80. The lowest BCUT2D eigenvalue weighted by molar-refractivity contribution is 0.0529. The molecule has 2 unspecified atom stereocenters. The number of hydrogen-bond acceptors (Lipinski definition) is 3. The molecule has 0 radical (unpaired) electrons. The Bertz CT molecular complexity index is 355. The van der Waals surface area contributed by atoms with Crippen LogP contribution in [0.1, 0.15) is 53.4 Å². The number of amides is 1. The van der Waals surface area contributed by atoms with Gasteiger partial charge in [-0.3, -0.25) is 0 Å². The van der Waals surface area contributed by atoms with Gasteiger partial charge in [-0.2, -0.15) is 0 Å². The van der Waals surface area contributed by atoms with Gasteiger partial charge in [0.15, 0.2) is 5.11 Å². The van der Waals surface area contributed by atoms with Crippen LogP contribution < -0.4 is 16.0 Å². The van der Waals surface area contributed by atoms with Gasteiger partial charge in [-0.25, -0.2) is 4.79 Å². The molecular formula is C15H29N3O2S. The quantitative estimate of drug-likeness (QED) is 0.550. The largest absolute Gasteiger partial charge is 0.444 e. The number of hydrogen-bond donors (Lipinski definition) is 3. The first-order valence-corrected chi connectivity index (χ1v) is 8.20. The van der Waals surface area contributed by atoms with Crippen LogP contribution in [-0.2, 0) is 4.74 Å². The Labute approximate surface area is 133 Å². The highest BCUT2D eigenvalue weighted by Gasteiger charge is 2.21. The van der Waals surface area contributed by atoms with Crippen LogP contribution in [-0.4, -0.2) is 35.9 Å². The predicted molar refractivity (Wildman–Crippen MR) is 89.4 cm³/mol. The van der Waals surface area contributed by atoms with E-state index in [1.54, 1.807) is 0 Å². The van der Waals surface area contributed by atoms with Gasteiger partial charge in [0.25, 0.3) is 0 Å². The third-order valence-electron chi connectivity index (χ3n) is 3.51. The van der Waals surface area contributed by atoms with Gasteiger partial charge in [-0.05, 0) is 51.7 Å². The molecule has 1 rings (SSSR count). The van der Waals surface area contributed by atoms with Gasteiger partial charge in [-0.1, -0.05) is 19.8 Å². The maximum atomic E-state index is 11.5. The lowest BCUT2D eigenvalue weighted by Gasteiger charge is -2.30. The second kappa shape index (κ2) is 8.41. The normalized spacial score (nSPS) is 22.3. The van der Waals surface area contributed by atoms with Crippen molar-refractivity contribution in [1.82, 2.24) is 16.0 Å². The second-order valence-corrected chi connectivity index (χ2v) is 7.11. The first kappa shape index (κ1) is 18.0. The summed E-state index contributed by atoms with van der Waals surface area (Å²) in [4.78, 5) is 11.5. The summed E-state index contributed by atoms with van der Waals surface area (Å²) in [6.45, 7) is 8.87. The van der Waals surface area contributed by atoms with Crippen molar-refractivity contribution in [2.24, 2.45) is 5.92 Å². The molecule has 1 aliphatic carbocycles. The van der Waals surface area contributed by atoms with Crippen molar-refractivity contribution in [2.75, 3.05) is 13.1 Å². The van der Waals surface area contributed by atoms with Crippen LogP contribution in [0.4, 0.5) is 4.79 Å². The average Bonchev–Trinajstić information content (AvgIpc) is 2.35. The number of ether oxygens (including phenoxy) is 1. The van der Waals surface area contributed by atoms with Crippen molar-refractivity contribution in [1.29, 1.82) is 0 Å². The summed E-state index contributed by atoms with van der Waals surface area (Å²) in [5.41, 5.74) is -0.467. The monoisotopic (exact) mass is 315 g/mol. The minimum absolute atomic E-state index is 0.399. The molecule has 1 aliphatic rings. The van der Waals surface area contributed by atoms with Crippen molar-refractivity contribution in [3.05, 3.63) is 0 Å². The Morgan fingerprint density at radius 1 is 1.19 bits per heavy atom. The number of carbonyl (C=O) groups is 1. The molecule has 0 heterocycles. The van der Waals surface area contributed by atoms with E-state index in [1.807, 2.05) is 20.8 Å². The number of nitrogens with one attached hydrogen (secondary N) is 3. The molecule has 2 atom stereocenters. The molecule has 5 nitrogen and oxygen atoms in total. The fourth-order valence-electron chi connectivity index (χ4n) is 2.40. The van der Waals surface area contributed by atoms with Crippen molar-refractivity contribution in [3.8, 4) is 0 Å². The summed E-state index contributed by atoms with van der Waals surface area (Å²) < 4.78 is 5.15. The summed E-state index contributed by atoms with van der Waals surface area (Å²) >= 11 is 5.29. The summed E-state index contributed by atoms with van der Waals surface area (Å²) in [6, 6.07) is 0.470. The SMILES string of the molecule is CC1CCCCC1NC(=S)NCCNC(=O)OC(C)(C)C. The summed E-state index contributed by atoms with van der Waals surface area (Å²) in [5, 5.41) is 9.85. The predicted octanol–water partition coefficient (Wildman–Crippen LogP) is 2.55. The van der Waals surface area contributed by atoms with E-state index >= 15 is 0 Å². The number of thiocarbonyl (C=S) groups is 1. The van der Waals surface area contributed by atoms with Crippen LogP contribution in [0.5, 0.6) is 0 Å². The Morgan fingerprint density at radius 3 is 2.43 bits per heavy atom. The van der Waals surface area contributed by atoms with E-state index in [0.29, 0.717) is 30.2 Å². The molecule has 21 heavy (non-hydrogen) atoms. The molecule has 0 aliphatic heterocycles. The molecule has 0 saturated heterocycles. The molecule has 1 fully saturated rings. The smallest absolute Gasteiger partial charge is 0.407 e. The zero-order valence-electron chi connectivity index (χ0n) is 13.6. The van der Waals surface area contributed by atoms with Crippen molar-refractivity contribution >= 4 is 23.4 Å².